The van der Waals surface area contributed by atoms with Crippen LogP contribution in [0.5, 0.6) is 5.75 Å². The average Bonchev–Trinajstić information content (AvgIpc) is 3.12. The Kier molecular flexibility index (Phi) is 5.37. The largest absolute Gasteiger partial charge is 0.480 e. The van der Waals surface area contributed by atoms with Crippen molar-refractivity contribution in [1.82, 2.24) is 15.0 Å². The molecule has 27 heavy (non-hydrogen) atoms. The van der Waals surface area contributed by atoms with Crippen molar-refractivity contribution in [2.45, 2.75) is 6.92 Å². The maximum atomic E-state index is 12.3. The fourth-order valence-corrected chi connectivity index (χ4v) is 2.46. The number of aromatic nitrogens is 3. The van der Waals surface area contributed by atoms with Crippen LogP contribution in [-0.4, -0.2) is 38.6 Å². The Labute approximate surface area is 159 Å². The summed E-state index contributed by atoms with van der Waals surface area (Å²) in [5, 5.41) is 19.3. The zero-order valence-corrected chi connectivity index (χ0v) is 15.0. The van der Waals surface area contributed by atoms with E-state index >= 15 is 0 Å². The third-order valence-electron chi connectivity index (χ3n) is 3.57. The SMILES string of the molecule is Cc1ccc(-n2cc(C(=O)Nc3ccc(OCC(=O)O)c(Cl)c3)nn2)cc1. The van der Waals surface area contributed by atoms with Gasteiger partial charge in [0.25, 0.3) is 5.91 Å². The number of ether oxygens (including phenoxy) is 1. The van der Waals surface area contributed by atoms with Crippen molar-refractivity contribution < 1.29 is 19.4 Å². The van der Waals surface area contributed by atoms with E-state index in [9.17, 15) is 9.59 Å². The van der Waals surface area contributed by atoms with Gasteiger partial charge in [0, 0.05) is 5.69 Å². The number of carbonyl (C=O) groups is 2. The molecule has 0 saturated heterocycles. The lowest BCUT2D eigenvalue weighted by Gasteiger charge is -2.08. The van der Waals surface area contributed by atoms with Crippen LogP contribution in [0.1, 0.15) is 16.1 Å². The van der Waals surface area contributed by atoms with E-state index in [1.807, 2.05) is 31.2 Å². The number of halogens is 1. The van der Waals surface area contributed by atoms with Crippen LogP contribution >= 0.6 is 11.6 Å². The molecule has 0 spiro atoms. The molecule has 2 N–H and O–H groups in total. The number of carboxylic acid groups (broad SMARTS) is 1. The number of anilines is 1. The van der Waals surface area contributed by atoms with E-state index < -0.39 is 18.5 Å². The molecular weight excluding hydrogens is 372 g/mol. The first-order valence-corrected chi connectivity index (χ1v) is 8.25. The molecule has 0 aliphatic carbocycles. The molecule has 8 nitrogen and oxygen atoms in total. The van der Waals surface area contributed by atoms with Crippen molar-refractivity contribution >= 4 is 29.2 Å². The van der Waals surface area contributed by atoms with Gasteiger partial charge in [0.1, 0.15) is 5.75 Å². The van der Waals surface area contributed by atoms with Gasteiger partial charge in [-0.3, -0.25) is 4.79 Å². The molecule has 0 atom stereocenters. The highest BCUT2D eigenvalue weighted by Crippen LogP contribution is 2.27. The Bertz CT molecular complexity index is 985. The first kappa shape index (κ1) is 18.4. The number of carbonyl (C=O) groups excluding carboxylic acids is 1. The topological polar surface area (TPSA) is 106 Å². The van der Waals surface area contributed by atoms with Crippen molar-refractivity contribution in [3.8, 4) is 11.4 Å². The van der Waals surface area contributed by atoms with E-state index in [1.54, 1.807) is 6.07 Å². The van der Waals surface area contributed by atoms with Crippen molar-refractivity contribution in [2.24, 2.45) is 0 Å². The number of nitrogens with zero attached hydrogens (tertiary/aromatic N) is 3. The highest BCUT2D eigenvalue weighted by molar-refractivity contribution is 6.32. The van der Waals surface area contributed by atoms with Crippen molar-refractivity contribution in [3.05, 3.63) is 64.9 Å². The molecule has 3 rings (SSSR count). The van der Waals surface area contributed by atoms with Crippen LogP contribution in [0.4, 0.5) is 5.69 Å². The summed E-state index contributed by atoms with van der Waals surface area (Å²) in [5.41, 5.74) is 2.45. The van der Waals surface area contributed by atoms with Crippen LogP contribution in [0.25, 0.3) is 5.69 Å². The monoisotopic (exact) mass is 386 g/mol. The number of benzene rings is 2. The van der Waals surface area contributed by atoms with Crippen LogP contribution in [0, 0.1) is 6.92 Å². The summed E-state index contributed by atoms with van der Waals surface area (Å²) in [6.07, 6.45) is 1.52. The number of aliphatic carboxylic acids is 1. The van der Waals surface area contributed by atoms with Crippen LogP contribution in [0.15, 0.2) is 48.7 Å². The maximum Gasteiger partial charge on any atom is 0.341 e. The first-order chi connectivity index (χ1) is 12.9. The number of hydrogen-bond acceptors (Lipinski definition) is 5. The maximum absolute atomic E-state index is 12.3. The smallest absolute Gasteiger partial charge is 0.341 e. The van der Waals surface area contributed by atoms with Gasteiger partial charge in [-0.2, -0.15) is 0 Å². The van der Waals surface area contributed by atoms with E-state index in [-0.39, 0.29) is 16.5 Å². The molecule has 9 heteroatoms. The minimum Gasteiger partial charge on any atom is -0.480 e. The molecule has 0 radical (unpaired) electrons. The Morgan fingerprint density at radius 1 is 1.22 bits per heavy atom. The lowest BCUT2D eigenvalue weighted by Crippen LogP contribution is -2.13. The van der Waals surface area contributed by atoms with Crippen molar-refractivity contribution in [2.75, 3.05) is 11.9 Å². The molecule has 0 aliphatic heterocycles. The zero-order chi connectivity index (χ0) is 19.4. The minimum atomic E-state index is -1.11. The van der Waals surface area contributed by atoms with Crippen molar-refractivity contribution in [3.63, 3.8) is 0 Å². The van der Waals surface area contributed by atoms with E-state index in [4.69, 9.17) is 21.4 Å². The van der Waals surface area contributed by atoms with E-state index in [1.165, 1.54) is 23.0 Å². The quantitative estimate of drug-likeness (QED) is 0.674. The highest BCUT2D eigenvalue weighted by Gasteiger charge is 2.13. The van der Waals surface area contributed by atoms with Gasteiger partial charge in [0.05, 0.1) is 16.9 Å². The van der Waals surface area contributed by atoms with E-state index in [0.29, 0.717) is 5.69 Å². The number of rotatable bonds is 6. The number of carboxylic acids is 1. The minimum absolute atomic E-state index is 0.137. The second-order valence-corrected chi connectivity index (χ2v) is 6.07. The summed E-state index contributed by atoms with van der Waals surface area (Å²) in [6, 6.07) is 12.1. The third kappa shape index (κ3) is 4.62. The highest BCUT2D eigenvalue weighted by atomic mass is 35.5. The Morgan fingerprint density at radius 2 is 1.96 bits per heavy atom. The van der Waals surface area contributed by atoms with Gasteiger partial charge in [0.2, 0.25) is 0 Å². The molecule has 2 aromatic carbocycles. The van der Waals surface area contributed by atoms with Gasteiger partial charge in [-0.1, -0.05) is 34.5 Å². The molecule has 0 bridgehead atoms. The lowest BCUT2D eigenvalue weighted by molar-refractivity contribution is -0.139. The van der Waals surface area contributed by atoms with E-state index in [0.717, 1.165) is 11.3 Å². The Morgan fingerprint density at radius 3 is 2.63 bits per heavy atom. The Hall–Kier alpha value is -3.39. The molecule has 3 aromatic rings. The summed E-state index contributed by atoms with van der Waals surface area (Å²) in [7, 11) is 0. The number of hydrogen-bond donors (Lipinski definition) is 2. The predicted molar refractivity (Wildman–Crippen MR) is 98.6 cm³/mol. The van der Waals surface area contributed by atoms with E-state index in [2.05, 4.69) is 15.6 Å². The molecule has 1 aromatic heterocycles. The van der Waals surface area contributed by atoms with Gasteiger partial charge in [-0.15, -0.1) is 5.10 Å². The molecule has 138 valence electrons. The van der Waals surface area contributed by atoms with Crippen LogP contribution in [0.3, 0.4) is 0 Å². The van der Waals surface area contributed by atoms with Crippen LogP contribution in [0.2, 0.25) is 5.02 Å². The fraction of sp³-hybridized carbons (Fsp3) is 0.111. The third-order valence-corrected chi connectivity index (χ3v) is 3.86. The summed E-state index contributed by atoms with van der Waals surface area (Å²) in [6.45, 7) is 1.47. The fourth-order valence-electron chi connectivity index (χ4n) is 2.22. The molecular formula is C18H15ClN4O4. The number of nitrogens with one attached hydrogen (secondary N) is 1. The summed E-state index contributed by atoms with van der Waals surface area (Å²) in [5.74, 6) is -1.36. The Balaban J connectivity index is 1.69. The van der Waals surface area contributed by atoms with Gasteiger partial charge >= 0.3 is 5.97 Å². The van der Waals surface area contributed by atoms with Gasteiger partial charge in [0.15, 0.2) is 12.3 Å². The zero-order valence-electron chi connectivity index (χ0n) is 14.2. The second kappa shape index (κ2) is 7.88. The number of amides is 1. The summed E-state index contributed by atoms with van der Waals surface area (Å²) < 4.78 is 6.54. The van der Waals surface area contributed by atoms with Gasteiger partial charge < -0.3 is 15.2 Å². The lowest BCUT2D eigenvalue weighted by atomic mass is 10.2. The molecule has 0 aliphatic rings. The molecule has 0 saturated carbocycles. The molecule has 1 amide bonds. The molecule has 0 unspecified atom stereocenters. The standard InChI is InChI=1S/C18H15ClN4O4/c1-11-2-5-13(6-3-11)23-9-15(21-22-23)18(26)20-12-4-7-16(14(19)8-12)27-10-17(24)25/h2-9H,10H2,1H3,(H,20,26)(H,24,25). The van der Waals surface area contributed by atoms with Gasteiger partial charge in [-0.25, -0.2) is 9.48 Å². The van der Waals surface area contributed by atoms with Gasteiger partial charge in [-0.05, 0) is 37.3 Å². The van der Waals surface area contributed by atoms with Crippen LogP contribution < -0.4 is 10.1 Å². The van der Waals surface area contributed by atoms with Crippen LogP contribution in [-0.2, 0) is 4.79 Å². The summed E-state index contributed by atoms with van der Waals surface area (Å²) >= 11 is 6.04. The molecule has 0 fully saturated rings. The number of aryl methyl sites for hydroxylation is 1. The second-order valence-electron chi connectivity index (χ2n) is 5.67. The summed E-state index contributed by atoms with van der Waals surface area (Å²) in [4.78, 5) is 22.9. The average molecular weight is 387 g/mol. The molecule has 1 heterocycles. The normalized spacial score (nSPS) is 10.4. The predicted octanol–water partition coefficient (Wildman–Crippen LogP) is 2.94. The first-order valence-electron chi connectivity index (χ1n) is 7.87. The van der Waals surface area contributed by atoms with Crippen molar-refractivity contribution in [1.29, 1.82) is 0 Å².